The molecule has 23 heavy (non-hydrogen) atoms. The molecule has 0 aliphatic heterocycles. The van der Waals surface area contributed by atoms with Crippen LogP contribution >= 0.6 is 0 Å². The van der Waals surface area contributed by atoms with Gasteiger partial charge in [0, 0.05) is 0 Å². The van der Waals surface area contributed by atoms with Crippen LogP contribution in [0.5, 0.6) is 0 Å². The van der Waals surface area contributed by atoms with E-state index in [0.717, 1.165) is 11.8 Å². The Morgan fingerprint density at radius 1 is 1.22 bits per heavy atom. The molecule has 3 aliphatic carbocycles. The van der Waals surface area contributed by atoms with Gasteiger partial charge in [0.1, 0.15) is 0 Å². The van der Waals surface area contributed by atoms with E-state index >= 15 is 0 Å². The first kappa shape index (κ1) is 17.3. The second kappa shape index (κ2) is 6.08. The van der Waals surface area contributed by atoms with Gasteiger partial charge in [-0.1, -0.05) is 64.7 Å². The van der Waals surface area contributed by atoms with Crippen molar-refractivity contribution < 1.29 is 0 Å². The lowest BCUT2D eigenvalue weighted by Crippen LogP contribution is -2.50. The van der Waals surface area contributed by atoms with Gasteiger partial charge in [-0.25, -0.2) is 0 Å². The van der Waals surface area contributed by atoms with E-state index in [0.29, 0.717) is 16.2 Å². The van der Waals surface area contributed by atoms with Gasteiger partial charge in [-0.05, 0) is 73.0 Å². The van der Waals surface area contributed by atoms with E-state index < -0.39 is 0 Å². The molecule has 5 atom stereocenters. The maximum Gasteiger partial charge on any atom is -0.00802 e. The lowest BCUT2D eigenvalue weighted by molar-refractivity contribution is -0.0322. The minimum atomic E-state index is 0.345. The minimum Gasteiger partial charge on any atom is -0.103 e. The van der Waals surface area contributed by atoms with Crippen molar-refractivity contribution in [3.05, 3.63) is 24.3 Å². The van der Waals surface area contributed by atoms with Gasteiger partial charge in [0.25, 0.3) is 0 Å². The van der Waals surface area contributed by atoms with Gasteiger partial charge >= 0.3 is 0 Å². The number of fused-ring (bicyclic) bond motifs is 3. The summed E-state index contributed by atoms with van der Waals surface area (Å²) in [4.78, 5) is 0. The summed E-state index contributed by atoms with van der Waals surface area (Å²) >= 11 is 0. The fourth-order valence-electron chi connectivity index (χ4n) is 6.63. The summed E-state index contributed by atoms with van der Waals surface area (Å²) in [5, 5.41) is 0. The molecule has 0 heteroatoms. The second-order valence-electron chi connectivity index (χ2n) is 9.78. The van der Waals surface area contributed by atoms with Gasteiger partial charge in [-0.3, -0.25) is 0 Å². The summed E-state index contributed by atoms with van der Waals surface area (Å²) in [6, 6.07) is 0. The molecule has 0 saturated heterocycles. The Kier molecular flexibility index (Phi) is 4.58. The zero-order chi connectivity index (χ0) is 16.7. The molecule has 130 valence electrons. The Bertz CT molecular complexity index is 486. The summed E-state index contributed by atoms with van der Waals surface area (Å²) in [5.41, 5.74) is 3.29. The highest BCUT2D eigenvalue weighted by Gasteiger charge is 2.54. The van der Waals surface area contributed by atoms with Crippen molar-refractivity contribution >= 4 is 0 Å². The summed E-state index contributed by atoms with van der Waals surface area (Å²) in [6.45, 7) is 14.1. The maximum atomic E-state index is 4.12. The van der Waals surface area contributed by atoms with Crippen LogP contribution in [0.1, 0.15) is 91.9 Å². The molecule has 2 saturated carbocycles. The molecule has 0 aromatic heterocycles. The van der Waals surface area contributed by atoms with Gasteiger partial charge in [-0.15, -0.1) is 6.58 Å². The third kappa shape index (κ3) is 2.85. The van der Waals surface area contributed by atoms with Gasteiger partial charge in [0.05, 0.1) is 0 Å². The minimum absolute atomic E-state index is 0.345. The number of hydrogen-bond acceptors (Lipinski definition) is 0. The predicted octanol–water partition coefficient (Wildman–Crippen LogP) is 7.31. The summed E-state index contributed by atoms with van der Waals surface area (Å²) in [6.07, 6.45) is 18.9. The lowest BCUT2D eigenvalue weighted by Gasteiger charge is -2.59. The van der Waals surface area contributed by atoms with Crippen molar-refractivity contribution in [1.82, 2.24) is 0 Å². The second-order valence-corrected chi connectivity index (χ2v) is 9.78. The lowest BCUT2D eigenvalue weighted by atomic mass is 9.45. The van der Waals surface area contributed by atoms with Crippen LogP contribution in [0.4, 0.5) is 0 Å². The Morgan fingerprint density at radius 2 is 2.00 bits per heavy atom. The zero-order valence-electron chi connectivity index (χ0n) is 16.1. The third-order valence-electron chi connectivity index (χ3n) is 8.05. The van der Waals surface area contributed by atoms with Crippen LogP contribution in [0, 0.1) is 28.1 Å². The van der Waals surface area contributed by atoms with Crippen molar-refractivity contribution in [3.63, 3.8) is 0 Å². The Labute approximate surface area is 144 Å². The Hall–Kier alpha value is -0.520. The van der Waals surface area contributed by atoms with Gasteiger partial charge in [-0.2, -0.15) is 0 Å². The van der Waals surface area contributed by atoms with Crippen molar-refractivity contribution in [3.8, 4) is 0 Å². The zero-order valence-corrected chi connectivity index (χ0v) is 16.1. The highest BCUT2D eigenvalue weighted by molar-refractivity contribution is 5.28. The van der Waals surface area contributed by atoms with Crippen molar-refractivity contribution in [2.75, 3.05) is 0 Å². The number of hydrogen-bond donors (Lipinski definition) is 0. The van der Waals surface area contributed by atoms with Gasteiger partial charge in [0.2, 0.25) is 0 Å². The van der Waals surface area contributed by atoms with Crippen LogP contribution in [0.3, 0.4) is 0 Å². The van der Waals surface area contributed by atoms with Crippen LogP contribution in [0.15, 0.2) is 24.3 Å². The average molecular weight is 315 g/mol. The Balaban J connectivity index is 1.90. The highest BCUT2D eigenvalue weighted by atomic mass is 14.6. The summed E-state index contributed by atoms with van der Waals surface area (Å²) in [5.74, 6) is 1.76. The molecule has 3 aliphatic rings. The molecule has 2 fully saturated rings. The summed E-state index contributed by atoms with van der Waals surface area (Å²) < 4.78 is 0. The van der Waals surface area contributed by atoms with Crippen LogP contribution in [0.2, 0.25) is 0 Å². The molecule has 0 heterocycles. The first-order chi connectivity index (χ1) is 10.9. The number of rotatable bonds is 4. The molecule has 3 rings (SSSR count). The first-order valence-corrected chi connectivity index (χ1v) is 10.2. The molecule has 0 spiro atoms. The SMILES string of the molecule is C=C[C@@]1(C)CC=C2C(CCC3[C@](C)(CCCC)CCC[C@@]23C)C1. The van der Waals surface area contributed by atoms with Crippen molar-refractivity contribution in [2.45, 2.75) is 91.9 Å². The molecular weight excluding hydrogens is 276 g/mol. The molecular formula is C23H38. The molecule has 0 aromatic carbocycles. The largest absolute Gasteiger partial charge is 0.103 e. The fourth-order valence-corrected chi connectivity index (χ4v) is 6.63. The molecule has 0 N–H and O–H groups in total. The molecule has 0 nitrogen and oxygen atoms in total. The quantitative estimate of drug-likeness (QED) is 0.477. The van der Waals surface area contributed by atoms with Crippen LogP contribution < -0.4 is 0 Å². The maximum absolute atomic E-state index is 4.12. The van der Waals surface area contributed by atoms with Crippen LogP contribution in [0.25, 0.3) is 0 Å². The normalized spacial score (nSPS) is 46.5. The number of allylic oxidation sites excluding steroid dienone is 3. The van der Waals surface area contributed by atoms with Crippen LogP contribution in [-0.2, 0) is 0 Å². The average Bonchev–Trinajstić information content (AvgIpc) is 2.52. The molecule has 0 bridgehead atoms. The van der Waals surface area contributed by atoms with Crippen LogP contribution in [-0.4, -0.2) is 0 Å². The predicted molar refractivity (Wildman–Crippen MR) is 101 cm³/mol. The third-order valence-corrected chi connectivity index (χ3v) is 8.05. The van der Waals surface area contributed by atoms with E-state index in [2.05, 4.69) is 46.4 Å². The van der Waals surface area contributed by atoms with E-state index in [4.69, 9.17) is 0 Å². The van der Waals surface area contributed by atoms with Gasteiger partial charge < -0.3 is 0 Å². The van der Waals surface area contributed by atoms with E-state index in [1.54, 1.807) is 0 Å². The van der Waals surface area contributed by atoms with Gasteiger partial charge in [0.15, 0.2) is 0 Å². The number of unbranched alkanes of at least 4 members (excludes halogenated alkanes) is 1. The monoisotopic (exact) mass is 314 g/mol. The van der Waals surface area contributed by atoms with E-state index in [9.17, 15) is 0 Å². The topological polar surface area (TPSA) is 0 Å². The standard InChI is InChI=1S/C23H38/c1-6-8-13-22(4)14-9-15-23(5)19-12-16-21(3,7-2)17-18(19)10-11-20(22)23/h7,12,18,20H,2,6,8-11,13-17H2,1,3-5H3/t18?,20?,21-,22+,23-/m0/s1. The Morgan fingerprint density at radius 3 is 2.70 bits per heavy atom. The van der Waals surface area contributed by atoms with E-state index in [1.165, 1.54) is 64.2 Å². The molecule has 0 aromatic rings. The van der Waals surface area contributed by atoms with Crippen molar-refractivity contribution in [1.29, 1.82) is 0 Å². The smallest absolute Gasteiger partial charge is 0.00802 e. The highest BCUT2D eigenvalue weighted by Crippen LogP contribution is 2.64. The van der Waals surface area contributed by atoms with E-state index in [-0.39, 0.29) is 0 Å². The molecule has 2 unspecified atom stereocenters. The van der Waals surface area contributed by atoms with Crippen molar-refractivity contribution in [2.24, 2.45) is 28.1 Å². The molecule has 0 amide bonds. The van der Waals surface area contributed by atoms with E-state index in [1.807, 2.05) is 5.57 Å². The summed E-state index contributed by atoms with van der Waals surface area (Å²) in [7, 11) is 0. The first-order valence-electron chi connectivity index (χ1n) is 10.2. The fraction of sp³-hybridized carbons (Fsp3) is 0.826. The molecule has 0 radical (unpaired) electrons.